The second-order valence-electron chi connectivity index (χ2n) is 5.40. The zero-order chi connectivity index (χ0) is 16.2. The highest BCUT2D eigenvalue weighted by molar-refractivity contribution is 7.14. The molecule has 5 heteroatoms. The number of aryl methyl sites for hydroxylation is 2. The van der Waals surface area contributed by atoms with Crippen LogP contribution in [0.2, 0.25) is 0 Å². The Hall–Kier alpha value is -2.53. The molecule has 0 saturated heterocycles. The molecule has 0 atom stereocenters. The van der Waals surface area contributed by atoms with Crippen LogP contribution in [0.4, 0.5) is 5.13 Å². The third kappa shape index (κ3) is 3.81. The van der Waals surface area contributed by atoms with Crippen molar-refractivity contribution in [2.45, 2.75) is 20.3 Å². The molecule has 23 heavy (non-hydrogen) atoms. The van der Waals surface area contributed by atoms with Crippen molar-refractivity contribution in [1.82, 2.24) is 9.97 Å². The smallest absolute Gasteiger partial charge is 0.230 e. The van der Waals surface area contributed by atoms with Gasteiger partial charge in [-0.05, 0) is 42.7 Å². The van der Waals surface area contributed by atoms with Gasteiger partial charge in [-0.15, -0.1) is 11.3 Å². The van der Waals surface area contributed by atoms with Crippen LogP contribution in [0.5, 0.6) is 0 Å². The van der Waals surface area contributed by atoms with Crippen molar-refractivity contribution in [2.75, 3.05) is 5.32 Å². The molecule has 1 amide bonds. The first kappa shape index (κ1) is 15.4. The molecule has 0 unspecified atom stereocenters. The van der Waals surface area contributed by atoms with E-state index in [4.69, 9.17) is 0 Å². The SMILES string of the molecule is Cc1ccc(CC(=O)Nc2nc(-c3ccccn3)cs2)cc1C. The molecule has 0 saturated carbocycles. The minimum Gasteiger partial charge on any atom is -0.302 e. The number of nitrogens with zero attached hydrogens (tertiary/aromatic N) is 2. The summed E-state index contributed by atoms with van der Waals surface area (Å²) < 4.78 is 0. The predicted octanol–water partition coefficient (Wildman–Crippen LogP) is 4.00. The summed E-state index contributed by atoms with van der Waals surface area (Å²) in [6.07, 6.45) is 2.08. The van der Waals surface area contributed by atoms with Crippen molar-refractivity contribution in [2.24, 2.45) is 0 Å². The van der Waals surface area contributed by atoms with Crippen LogP contribution in [0.3, 0.4) is 0 Å². The summed E-state index contributed by atoms with van der Waals surface area (Å²) in [6.45, 7) is 4.12. The highest BCUT2D eigenvalue weighted by atomic mass is 32.1. The second-order valence-corrected chi connectivity index (χ2v) is 6.25. The second kappa shape index (κ2) is 6.71. The van der Waals surface area contributed by atoms with Crippen molar-refractivity contribution < 1.29 is 4.79 Å². The number of nitrogens with one attached hydrogen (secondary N) is 1. The van der Waals surface area contributed by atoms with Crippen LogP contribution in [-0.4, -0.2) is 15.9 Å². The number of benzene rings is 1. The van der Waals surface area contributed by atoms with Crippen molar-refractivity contribution in [3.63, 3.8) is 0 Å². The van der Waals surface area contributed by atoms with Gasteiger partial charge < -0.3 is 5.32 Å². The Morgan fingerprint density at radius 2 is 2.00 bits per heavy atom. The standard InChI is InChI=1S/C18H17N3OS/c1-12-6-7-14(9-13(12)2)10-17(22)21-18-20-16(11-23-18)15-5-3-4-8-19-15/h3-9,11H,10H2,1-2H3,(H,20,21,22). The quantitative estimate of drug-likeness (QED) is 0.789. The number of rotatable bonds is 4. The maximum absolute atomic E-state index is 12.2. The zero-order valence-electron chi connectivity index (χ0n) is 13.0. The van der Waals surface area contributed by atoms with Crippen molar-refractivity contribution >= 4 is 22.4 Å². The van der Waals surface area contributed by atoms with Crippen LogP contribution in [0.15, 0.2) is 48.0 Å². The summed E-state index contributed by atoms with van der Waals surface area (Å²) in [4.78, 5) is 20.8. The summed E-state index contributed by atoms with van der Waals surface area (Å²) >= 11 is 1.41. The lowest BCUT2D eigenvalue weighted by Crippen LogP contribution is -2.14. The molecule has 3 aromatic rings. The van der Waals surface area contributed by atoms with Gasteiger partial charge in [0.25, 0.3) is 0 Å². The molecule has 0 aliphatic rings. The van der Waals surface area contributed by atoms with Crippen LogP contribution in [-0.2, 0) is 11.2 Å². The maximum Gasteiger partial charge on any atom is 0.230 e. The number of carbonyl (C=O) groups is 1. The topological polar surface area (TPSA) is 54.9 Å². The van der Waals surface area contributed by atoms with E-state index in [1.54, 1.807) is 6.20 Å². The molecule has 0 spiro atoms. The molecule has 116 valence electrons. The Morgan fingerprint density at radius 3 is 2.74 bits per heavy atom. The van der Waals surface area contributed by atoms with Crippen LogP contribution in [0.1, 0.15) is 16.7 Å². The molecular weight excluding hydrogens is 306 g/mol. The van der Waals surface area contributed by atoms with Gasteiger partial charge in [0.1, 0.15) is 5.69 Å². The van der Waals surface area contributed by atoms with Gasteiger partial charge in [-0.2, -0.15) is 0 Å². The number of pyridine rings is 1. The fourth-order valence-electron chi connectivity index (χ4n) is 2.23. The molecule has 3 rings (SSSR count). The van der Waals surface area contributed by atoms with E-state index < -0.39 is 0 Å². The average Bonchev–Trinajstić information content (AvgIpc) is 3.00. The monoisotopic (exact) mass is 323 g/mol. The Morgan fingerprint density at radius 1 is 1.13 bits per heavy atom. The lowest BCUT2D eigenvalue weighted by Gasteiger charge is -2.05. The van der Waals surface area contributed by atoms with Gasteiger partial charge in [0.2, 0.25) is 5.91 Å². The summed E-state index contributed by atoms with van der Waals surface area (Å²) in [7, 11) is 0. The highest BCUT2D eigenvalue weighted by Gasteiger charge is 2.09. The van der Waals surface area contributed by atoms with Gasteiger partial charge in [0.15, 0.2) is 5.13 Å². The fraction of sp³-hybridized carbons (Fsp3) is 0.167. The van der Waals surface area contributed by atoms with Gasteiger partial charge in [0.05, 0.1) is 12.1 Å². The third-order valence-corrected chi connectivity index (χ3v) is 4.37. The number of anilines is 1. The van der Waals surface area contributed by atoms with Gasteiger partial charge in [-0.3, -0.25) is 9.78 Å². The average molecular weight is 323 g/mol. The van der Waals surface area contributed by atoms with Crippen molar-refractivity contribution in [3.05, 3.63) is 64.7 Å². The number of hydrogen-bond donors (Lipinski definition) is 1. The largest absolute Gasteiger partial charge is 0.302 e. The number of aromatic nitrogens is 2. The number of hydrogen-bond acceptors (Lipinski definition) is 4. The third-order valence-electron chi connectivity index (χ3n) is 3.61. The van der Waals surface area contributed by atoms with E-state index in [9.17, 15) is 4.79 Å². The number of amides is 1. The van der Waals surface area contributed by atoms with Crippen LogP contribution < -0.4 is 5.32 Å². The van der Waals surface area contributed by atoms with E-state index >= 15 is 0 Å². The molecule has 2 aromatic heterocycles. The molecular formula is C18H17N3OS. The van der Waals surface area contributed by atoms with E-state index in [1.807, 2.05) is 35.7 Å². The molecule has 2 heterocycles. The lowest BCUT2D eigenvalue weighted by molar-refractivity contribution is -0.115. The summed E-state index contributed by atoms with van der Waals surface area (Å²) in [5, 5.41) is 5.35. The van der Waals surface area contributed by atoms with Gasteiger partial charge in [-0.1, -0.05) is 24.3 Å². The van der Waals surface area contributed by atoms with Crippen LogP contribution >= 0.6 is 11.3 Å². The molecule has 0 bridgehead atoms. The summed E-state index contributed by atoms with van der Waals surface area (Å²) in [5.41, 5.74) is 5.01. The first-order valence-corrected chi connectivity index (χ1v) is 8.23. The predicted molar refractivity (Wildman–Crippen MR) is 93.6 cm³/mol. The van der Waals surface area contributed by atoms with Crippen LogP contribution in [0.25, 0.3) is 11.4 Å². The normalized spacial score (nSPS) is 10.5. The molecule has 0 radical (unpaired) electrons. The molecule has 0 fully saturated rings. The molecule has 1 aromatic carbocycles. The van der Waals surface area contributed by atoms with E-state index in [0.29, 0.717) is 11.6 Å². The molecule has 0 aliphatic heterocycles. The maximum atomic E-state index is 12.2. The lowest BCUT2D eigenvalue weighted by atomic mass is 10.0. The van der Waals surface area contributed by atoms with E-state index in [0.717, 1.165) is 17.0 Å². The van der Waals surface area contributed by atoms with Crippen LogP contribution in [0, 0.1) is 13.8 Å². The Bertz CT molecular complexity index is 827. The zero-order valence-corrected chi connectivity index (χ0v) is 13.9. The Balaban J connectivity index is 1.66. The minimum absolute atomic E-state index is 0.0600. The highest BCUT2D eigenvalue weighted by Crippen LogP contribution is 2.23. The van der Waals surface area contributed by atoms with Crippen molar-refractivity contribution in [3.8, 4) is 11.4 Å². The Labute approximate surface area is 139 Å². The Kier molecular flexibility index (Phi) is 4.48. The molecule has 0 aliphatic carbocycles. The van der Waals surface area contributed by atoms with E-state index in [1.165, 1.54) is 22.5 Å². The van der Waals surface area contributed by atoms with Gasteiger partial charge in [-0.25, -0.2) is 4.98 Å². The van der Waals surface area contributed by atoms with Gasteiger partial charge >= 0.3 is 0 Å². The molecule has 1 N–H and O–H groups in total. The van der Waals surface area contributed by atoms with Crippen molar-refractivity contribution in [1.29, 1.82) is 0 Å². The summed E-state index contributed by atoms with van der Waals surface area (Å²) in [5.74, 6) is -0.0600. The van der Waals surface area contributed by atoms with E-state index in [-0.39, 0.29) is 5.91 Å². The minimum atomic E-state index is -0.0600. The number of carbonyl (C=O) groups excluding carboxylic acids is 1. The summed E-state index contributed by atoms with van der Waals surface area (Å²) in [6, 6.07) is 11.8. The number of thiazole rings is 1. The first-order valence-electron chi connectivity index (χ1n) is 7.35. The van der Waals surface area contributed by atoms with Gasteiger partial charge in [0, 0.05) is 11.6 Å². The molecule has 4 nitrogen and oxygen atoms in total. The first-order chi connectivity index (χ1) is 11.1. The van der Waals surface area contributed by atoms with E-state index in [2.05, 4.69) is 35.2 Å². The fourth-order valence-corrected chi connectivity index (χ4v) is 2.95.